The van der Waals surface area contributed by atoms with Crippen molar-refractivity contribution < 1.29 is 4.74 Å². The number of nitrogens with two attached hydrogens (primary N) is 1. The number of rotatable bonds is 3. The number of benzene rings is 1. The fraction of sp³-hybridized carbons (Fsp3) is 0.250. The highest BCUT2D eigenvalue weighted by molar-refractivity contribution is 5.74. The summed E-state index contributed by atoms with van der Waals surface area (Å²) in [6.45, 7) is 0.805. The predicted molar refractivity (Wildman–Crippen MR) is 81.4 cm³/mol. The number of anilines is 1. The summed E-state index contributed by atoms with van der Waals surface area (Å²) in [6, 6.07) is 12.2. The Balaban J connectivity index is 1.72. The highest BCUT2D eigenvalue weighted by atomic mass is 16.5. The molecular weight excluding hydrogens is 264 g/mol. The van der Waals surface area contributed by atoms with E-state index in [1.165, 1.54) is 11.1 Å². The zero-order valence-corrected chi connectivity index (χ0v) is 11.8. The zero-order chi connectivity index (χ0) is 14.4. The van der Waals surface area contributed by atoms with E-state index >= 15 is 0 Å². The molecule has 0 radical (unpaired) electrons. The molecule has 1 aliphatic carbocycles. The van der Waals surface area contributed by atoms with Gasteiger partial charge in [-0.15, -0.1) is 0 Å². The summed E-state index contributed by atoms with van der Waals surface area (Å²) in [5, 5.41) is 0. The molecule has 5 nitrogen and oxygen atoms in total. The molecule has 0 amide bonds. The maximum Gasteiger partial charge on any atom is 0.215 e. The van der Waals surface area contributed by atoms with E-state index in [2.05, 4.69) is 34.2 Å². The van der Waals surface area contributed by atoms with Crippen LogP contribution in [0, 0.1) is 0 Å². The number of hydrogen-bond donors (Lipinski definition) is 1. The minimum absolute atomic E-state index is 0.480. The highest BCUT2D eigenvalue weighted by Gasteiger charge is 2.27. The molecule has 2 heterocycles. The van der Waals surface area contributed by atoms with Crippen LogP contribution in [0.15, 0.2) is 36.4 Å². The molecule has 0 fully saturated rings. The number of ether oxygens (including phenoxy) is 1. The molecule has 0 bridgehead atoms. The van der Waals surface area contributed by atoms with Crippen molar-refractivity contribution in [2.24, 2.45) is 0 Å². The molecule has 4 rings (SSSR count). The van der Waals surface area contributed by atoms with Crippen molar-refractivity contribution in [3.63, 3.8) is 0 Å². The number of fused-ring (bicyclic) bond motifs is 2. The first-order chi connectivity index (χ1) is 10.3. The Labute approximate surface area is 122 Å². The van der Waals surface area contributed by atoms with Crippen LogP contribution < -0.4 is 10.5 Å². The van der Waals surface area contributed by atoms with Crippen molar-refractivity contribution in [1.82, 2.24) is 14.5 Å². The minimum Gasteiger partial charge on any atom is -0.481 e. The number of imidazole rings is 1. The highest BCUT2D eigenvalue weighted by Crippen LogP contribution is 2.37. The standard InChI is InChI=1S/C16H16N4O/c1-21-14-7-6-13-15(19-14)20(16(17)18-13)9-11-8-10-4-2-3-5-12(10)11/h2-7,11H,8-9H2,1H3,(H2,17,18). The third-order valence-electron chi connectivity index (χ3n) is 4.17. The third-order valence-corrected chi connectivity index (χ3v) is 4.17. The summed E-state index contributed by atoms with van der Waals surface area (Å²) in [4.78, 5) is 8.86. The lowest BCUT2D eigenvalue weighted by atomic mass is 9.77. The molecular formula is C16H16N4O. The Morgan fingerprint density at radius 2 is 2.10 bits per heavy atom. The van der Waals surface area contributed by atoms with Crippen molar-refractivity contribution in [3.05, 3.63) is 47.5 Å². The van der Waals surface area contributed by atoms with E-state index in [1.54, 1.807) is 13.2 Å². The molecule has 21 heavy (non-hydrogen) atoms. The molecule has 0 saturated heterocycles. The summed E-state index contributed by atoms with van der Waals surface area (Å²) in [7, 11) is 1.61. The van der Waals surface area contributed by atoms with E-state index in [9.17, 15) is 0 Å². The van der Waals surface area contributed by atoms with Gasteiger partial charge < -0.3 is 10.5 Å². The summed E-state index contributed by atoms with van der Waals surface area (Å²) in [5.41, 5.74) is 10.5. The SMILES string of the molecule is COc1ccc2nc(N)n(CC3Cc4ccccc43)c2n1. The molecule has 0 saturated carbocycles. The van der Waals surface area contributed by atoms with Crippen LogP contribution in [0.5, 0.6) is 5.88 Å². The Morgan fingerprint density at radius 1 is 1.24 bits per heavy atom. The summed E-state index contributed by atoms with van der Waals surface area (Å²) in [5.74, 6) is 1.57. The molecule has 1 atom stereocenters. The quantitative estimate of drug-likeness (QED) is 0.800. The van der Waals surface area contributed by atoms with Crippen molar-refractivity contribution >= 4 is 17.1 Å². The van der Waals surface area contributed by atoms with Crippen LogP contribution in [0.3, 0.4) is 0 Å². The largest absolute Gasteiger partial charge is 0.481 e. The molecule has 106 valence electrons. The number of nitrogens with zero attached hydrogens (tertiary/aromatic N) is 3. The average Bonchev–Trinajstić information content (AvgIpc) is 2.79. The third kappa shape index (κ3) is 1.85. The molecule has 3 aromatic rings. The number of aromatic nitrogens is 3. The monoisotopic (exact) mass is 280 g/mol. The lowest BCUT2D eigenvalue weighted by Crippen LogP contribution is -2.22. The van der Waals surface area contributed by atoms with Gasteiger partial charge in [0.2, 0.25) is 11.8 Å². The first kappa shape index (κ1) is 12.2. The lowest BCUT2D eigenvalue weighted by Gasteiger charge is -2.30. The smallest absolute Gasteiger partial charge is 0.215 e. The van der Waals surface area contributed by atoms with E-state index in [0.717, 1.165) is 24.1 Å². The number of nitrogen functional groups attached to an aromatic ring is 1. The van der Waals surface area contributed by atoms with Crippen LogP contribution in [-0.4, -0.2) is 21.6 Å². The summed E-state index contributed by atoms with van der Waals surface area (Å²) >= 11 is 0. The average molecular weight is 280 g/mol. The van der Waals surface area contributed by atoms with E-state index in [0.29, 0.717) is 17.7 Å². The minimum atomic E-state index is 0.480. The van der Waals surface area contributed by atoms with Crippen LogP contribution in [0.4, 0.5) is 5.95 Å². The predicted octanol–water partition coefficient (Wildman–Crippen LogP) is 2.36. The van der Waals surface area contributed by atoms with Crippen molar-refractivity contribution in [2.75, 3.05) is 12.8 Å². The second-order valence-corrected chi connectivity index (χ2v) is 5.38. The maximum absolute atomic E-state index is 6.06. The molecule has 1 aromatic carbocycles. The lowest BCUT2D eigenvalue weighted by molar-refractivity contribution is 0.398. The molecule has 1 unspecified atom stereocenters. The number of pyridine rings is 1. The van der Waals surface area contributed by atoms with Gasteiger partial charge in [-0.3, -0.25) is 4.57 Å². The van der Waals surface area contributed by atoms with Gasteiger partial charge in [0.15, 0.2) is 5.65 Å². The summed E-state index contributed by atoms with van der Waals surface area (Å²) in [6.07, 6.45) is 1.08. The molecule has 1 aliphatic rings. The molecule has 2 N–H and O–H groups in total. The molecule has 2 aromatic heterocycles. The van der Waals surface area contributed by atoms with Gasteiger partial charge in [0.05, 0.1) is 7.11 Å². The number of methoxy groups -OCH3 is 1. The first-order valence-corrected chi connectivity index (χ1v) is 7.01. The molecule has 0 spiro atoms. The van der Waals surface area contributed by atoms with Gasteiger partial charge in [-0.05, 0) is 23.6 Å². The van der Waals surface area contributed by atoms with Crippen LogP contribution in [-0.2, 0) is 13.0 Å². The first-order valence-electron chi connectivity index (χ1n) is 7.01. The van der Waals surface area contributed by atoms with Gasteiger partial charge in [0.1, 0.15) is 5.52 Å². The Bertz CT molecular complexity index is 824. The van der Waals surface area contributed by atoms with Gasteiger partial charge >= 0.3 is 0 Å². The van der Waals surface area contributed by atoms with E-state index in [4.69, 9.17) is 10.5 Å². The van der Waals surface area contributed by atoms with Crippen LogP contribution in [0.1, 0.15) is 17.0 Å². The normalized spacial score (nSPS) is 16.5. The Hall–Kier alpha value is -2.56. The van der Waals surface area contributed by atoms with Crippen molar-refractivity contribution in [3.8, 4) is 5.88 Å². The fourth-order valence-corrected chi connectivity index (χ4v) is 3.04. The Morgan fingerprint density at radius 3 is 2.90 bits per heavy atom. The number of hydrogen-bond acceptors (Lipinski definition) is 4. The molecule has 5 heteroatoms. The molecule has 0 aliphatic heterocycles. The zero-order valence-electron chi connectivity index (χ0n) is 11.8. The van der Waals surface area contributed by atoms with Gasteiger partial charge in [-0.1, -0.05) is 24.3 Å². The van der Waals surface area contributed by atoms with E-state index in [1.807, 2.05) is 10.6 Å². The second kappa shape index (κ2) is 4.48. The summed E-state index contributed by atoms with van der Waals surface area (Å²) < 4.78 is 7.18. The van der Waals surface area contributed by atoms with E-state index in [-0.39, 0.29) is 0 Å². The van der Waals surface area contributed by atoms with Crippen LogP contribution >= 0.6 is 0 Å². The van der Waals surface area contributed by atoms with Gasteiger partial charge in [-0.2, -0.15) is 4.98 Å². The Kier molecular flexibility index (Phi) is 2.60. The van der Waals surface area contributed by atoms with Gasteiger partial charge in [0, 0.05) is 18.5 Å². The maximum atomic E-state index is 6.06. The van der Waals surface area contributed by atoms with Gasteiger partial charge in [-0.25, -0.2) is 4.98 Å². The van der Waals surface area contributed by atoms with Crippen LogP contribution in [0.2, 0.25) is 0 Å². The van der Waals surface area contributed by atoms with Crippen molar-refractivity contribution in [1.29, 1.82) is 0 Å². The fourth-order valence-electron chi connectivity index (χ4n) is 3.04. The topological polar surface area (TPSA) is 66.0 Å². The van der Waals surface area contributed by atoms with Crippen molar-refractivity contribution in [2.45, 2.75) is 18.9 Å². The van der Waals surface area contributed by atoms with Crippen LogP contribution in [0.25, 0.3) is 11.2 Å². The van der Waals surface area contributed by atoms with E-state index < -0.39 is 0 Å². The second-order valence-electron chi connectivity index (χ2n) is 5.38. The van der Waals surface area contributed by atoms with Gasteiger partial charge in [0.25, 0.3) is 0 Å².